The van der Waals surface area contributed by atoms with Crippen LogP contribution in [-0.2, 0) is 6.54 Å². The van der Waals surface area contributed by atoms with Gasteiger partial charge in [0.1, 0.15) is 0 Å². The average molecular weight is 420 g/mol. The molecule has 0 N–H and O–H groups in total. The smallest absolute Gasteiger partial charge is 0.408 e. The van der Waals surface area contributed by atoms with E-state index < -0.39 is 5.76 Å². The van der Waals surface area contributed by atoms with Gasteiger partial charge in [-0.1, -0.05) is 29.3 Å². The van der Waals surface area contributed by atoms with Crippen molar-refractivity contribution in [2.45, 2.75) is 6.54 Å². The number of aromatic nitrogens is 1. The highest BCUT2D eigenvalue weighted by Crippen LogP contribution is 2.26. The van der Waals surface area contributed by atoms with E-state index in [9.17, 15) is 4.79 Å². The van der Waals surface area contributed by atoms with E-state index in [-0.39, 0.29) is 6.54 Å². The Morgan fingerprint density at radius 3 is 2.55 bits per heavy atom. The summed E-state index contributed by atoms with van der Waals surface area (Å²) in [5.41, 5.74) is 2.00. The van der Waals surface area contributed by atoms with Gasteiger partial charge >= 0.3 is 5.76 Å². The van der Waals surface area contributed by atoms with E-state index in [0.717, 1.165) is 9.09 Å². The highest BCUT2D eigenvalue weighted by Gasteiger charge is 2.13. The van der Waals surface area contributed by atoms with Gasteiger partial charge in [0, 0.05) is 19.2 Å². The maximum atomic E-state index is 12.0. The van der Waals surface area contributed by atoms with Crippen LogP contribution in [0.2, 0.25) is 10.0 Å². The normalized spacial score (nSPS) is 11.2. The van der Waals surface area contributed by atoms with E-state index in [1.165, 1.54) is 4.57 Å². The zero-order valence-corrected chi connectivity index (χ0v) is 13.7. The second kappa shape index (κ2) is 5.42. The van der Waals surface area contributed by atoms with Crippen molar-refractivity contribution in [2.75, 3.05) is 0 Å². The van der Waals surface area contributed by atoms with Crippen molar-refractivity contribution >= 4 is 56.9 Å². The quantitative estimate of drug-likeness (QED) is 0.571. The minimum Gasteiger partial charge on any atom is -0.408 e. The summed E-state index contributed by atoms with van der Waals surface area (Å²) in [5.74, 6) is -0.419. The van der Waals surface area contributed by atoms with Crippen molar-refractivity contribution in [1.29, 1.82) is 0 Å². The standard InChI is InChI=1S/C14H8Cl2INO2/c15-10-2-1-3-11(16)9(10)7-18-12-6-8(17)4-5-13(12)20-14(18)19/h1-6H,7H2. The summed E-state index contributed by atoms with van der Waals surface area (Å²) < 4.78 is 7.78. The zero-order chi connectivity index (χ0) is 14.3. The van der Waals surface area contributed by atoms with Gasteiger partial charge in [-0.25, -0.2) is 4.79 Å². The number of hydrogen-bond donors (Lipinski definition) is 0. The second-order valence-corrected chi connectivity index (χ2v) is 6.33. The Morgan fingerprint density at radius 2 is 1.85 bits per heavy atom. The molecule has 0 saturated heterocycles. The van der Waals surface area contributed by atoms with Crippen molar-refractivity contribution in [3.05, 3.63) is 66.1 Å². The number of oxazole rings is 1. The van der Waals surface area contributed by atoms with E-state index in [0.29, 0.717) is 21.2 Å². The summed E-state index contributed by atoms with van der Waals surface area (Å²) in [4.78, 5) is 12.0. The highest BCUT2D eigenvalue weighted by molar-refractivity contribution is 14.1. The number of rotatable bonds is 2. The Hall–Kier alpha value is -0.980. The van der Waals surface area contributed by atoms with Crippen LogP contribution >= 0.6 is 45.8 Å². The fraction of sp³-hybridized carbons (Fsp3) is 0.0714. The molecule has 3 nitrogen and oxygen atoms in total. The molecular weight excluding hydrogens is 412 g/mol. The first-order valence-electron chi connectivity index (χ1n) is 5.78. The Labute approximate surface area is 138 Å². The van der Waals surface area contributed by atoms with Crippen LogP contribution in [0.15, 0.2) is 45.6 Å². The predicted octanol–water partition coefficient (Wildman–Crippen LogP) is 4.55. The molecule has 0 aliphatic rings. The molecule has 20 heavy (non-hydrogen) atoms. The van der Waals surface area contributed by atoms with Crippen molar-refractivity contribution in [2.24, 2.45) is 0 Å². The molecular formula is C14H8Cl2INO2. The second-order valence-electron chi connectivity index (χ2n) is 4.27. The van der Waals surface area contributed by atoms with Gasteiger partial charge in [0.15, 0.2) is 5.58 Å². The van der Waals surface area contributed by atoms with Gasteiger partial charge in [0.2, 0.25) is 0 Å². The SMILES string of the molecule is O=c1oc2ccc(I)cc2n1Cc1c(Cl)cccc1Cl. The summed E-state index contributed by atoms with van der Waals surface area (Å²) >= 11 is 14.5. The lowest BCUT2D eigenvalue weighted by molar-refractivity contribution is 0.518. The minimum atomic E-state index is -0.419. The van der Waals surface area contributed by atoms with Crippen LogP contribution in [0.5, 0.6) is 0 Å². The van der Waals surface area contributed by atoms with E-state index in [1.807, 2.05) is 12.1 Å². The topological polar surface area (TPSA) is 35.1 Å². The minimum absolute atomic E-state index is 0.282. The largest absolute Gasteiger partial charge is 0.420 e. The van der Waals surface area contributed by atoms with Gasteiger partial charge in [-0.3, -0.25) is 4.57 Å². The van der Waals surface area contributed by atoms with Crippen LogP contribution < -0.4 is 5.76 Å². The first kappa shape index (κ1) is 14.0. The summed E-state index contributed by atoms with van der Waals surface area (Å²) in [6.07, 6.45) is 0. The predicted molar refractivity (Wildman–Crippen MR) is 88.8 cm³/mol. The third-order valence-electron chi connectivity index (χ3n) is 3.01. The van der Waals surface area contributed by atoms with Gasteiger partial charge in [0.05, 0.1) is 12.1 Å². The molecule has 2 aromatic carbocycles. The first-order valence-corrected chi connectivity index (χ1v) is 7.61. The van der Waals surface area contributed by atoms with Gasteiger partial charge in [-0.05, 0) is 52.9 Å². The fourth-order valence-electron chi connectivity index (χ4n) is 2.03. The number of benzene rings is 2. The van der Waals surface area contributed by atoms with Crippen LogP contribution in [0.1, 0.15) is 5.56 Å². The van der Waals surface area contributed by atoms with Crippen LogP contribution in [0.3, 0.4) is 0 Å². The number of halogens is 3. The fourth-order valence-corrected chi connectivity index (χ4v) is 3.02. The number of hydrogen-bond acceptors (Lipinski definition) is 2. The third kappa shape index (κ3) is 2.47. The van der Waals surface area contributed by atoms with Crippen LogP contribution in [0.25, 0.3) is 11.1 Å². The molecule has 3 aromatic rings. The molecule has 0 amide bonds. The maximum Gasteiger partial charge on any atom is 0.420 e. The van der Waals surface area contributed by atoms with Gasteiger partial charge in [-0.15, -0.1) is 0 Å². The Balaban J connectivity index is 2.18. The molecule has 0 atom stereocenters. The molecule has 0 saturated carbocycles. The molecule has 0 aliphatic carbocycles. The van der Waals surface area contributed by atoms with Crippen molar-refractivity contribution < 1.29 is 4.42 Å². The Bertz CT molecular complexity index is 834. The van der Waals surface area contributed by atoms with Crippen LogP contribution in [0.4, 0.5) is 0 Å². The molecule has 102 valence electrons. The molecule has 6 heteroatoms. The van der Waals surface area contributed by atoms with Crippen molar-refractivity contribution in [3.8, 4) is 0 Å². The monoisotopic (exact) mass is 419 g/mol. The lowest BCUT2D eigenvalue weighted by Crippen LogP contribution is -2.15. The molecule has 0 radical (unpaired) electrons. The summed E-state index contributed by atoms with van der Waals surface area (Å²) in [5, 5.41) is 1.06. The van der Waals surface area contributed by atoms with Gasteiger partial charge in [-0.2, -0.15) is 0 Å². The molecule has 0 bridgehead atoms. The molecule has 0 unspecified atom stereocenters. The van der Waals surface area contributed by atoms with E-state index in [1.54, 1.807) is 24.3 Å². The highest BCUT2D eigenvalue weighted by atomic mass is 127. The molecule has 0 aliphatic heterocycles. The lowest BCUT2D eigenvalue weighted by atomic mass is 10.2. The first-order chi connectivity index (χ1) is 9.56. The van der Waals surface area contributed by atoms with E-state index in [2.05, 4.69) is 22.6 Å². The average Bonchev–Trinajstić information content (AvgIpc) is 2.70. The number of nitrogens with zero attached hydrogens (tertiary/aromatic N) is 1. The number of fused-ring (bicyclic) bond motifs is 1. The maximum absolute atomic E-state index is 12.0. The van der Waals surface area contributed by atoms with Crippen LogP contribution in [-0.4, -0.2) is 4.57 Å². The van der Waals surface area contributed by atoms with Crippen molar-refractivity contribution in [1.82, 2.24) is 4.57 Å². The zero-order valence-electron chi connectivity index (χ0n) is 10.1. The van der Waals surface area contributed by atoms with Crippen molar-refractivity contribution in [3.63, 3.8) is 0 Å². The molecule has 0 spiro atoms. The van der Waals surface area contributed by atoms with E-state index >= 15 is 0 Å². The molecule has 0 fully saturated rings. The molecule has 1 aromatic heterocycles. The molecule has 3 rings (SSSR count). The Kier molecular flexibility index (Phi) is 3.79. The third-order valence-corrected chi connectivity index (χ3v) is 4.39. The van der Waals surface area contributed by atoms with Gasteiger partial charge in [0.25, 0.3) is 0 Å². The Morgan fingerprint density at radius 1 is 1.15 bits per heavy atom. The lowest BCUT2D eigenvalue weighted by Gasteiger charge is -2.07. The molecule has 1 heterocycles. The van der Waals surface area contributed by atoms with Crippen LogP contribution in [0, 0.1) is 3.57 Å². The van der Waals surface area contributed by atoms with E-state index in [4.69, 9.17) is 27.6 Å². The summed E-state index contributed by atoms with van der Waals surface area (Å²) in [7, 11) is 0. The summed E-state index contributed by atoms with van der Waals surface area (Å²) in [6.45, 7) is 0.282. The van der Waals surface area contributed by atoms with Gasteiger partial charge < -0.3 is 4.42 Å². The summed E-state index contributed by atoms with van der Waals surface area (Å²) in [6, 6.07) is 10.8.